The van der Waals surface area contributed by atoms with Gasteiger partial charge in [-0.25, -0.2) is 0 Å². The zero-order chi connectivity index (χ0) is 12.0. The van der Waals surface area contributed by atoms with Gasteiger partial charge in [0.25, 0.3) is 0 Å². The molecule has 2 amide bonds. The van der Waals surface area contributed by atoms with Gasteiger partial charge in [0.2, 0.25) is 11.8 Å². The zero-order valence-electron chi connectivity index (χ0n) is 9.54. The minimum atomic E-state index is 0.0581. The first kappa shape index (κ1) is 13.4. The van der Waals surface area contributed by atoms with E-state index in [0.29, 0.717) is 31.5 Å². The molecule has 1 fully saturated rings. The summed E-state index contributed by atoms with van der Waals surface area (Å²) in [5.74, 6) is 0.181. The number of piperazine rings is 1. The highest BCUT2D eigenvalue weighted by molar-refractivity contribution is 9.09. The van der Waals surface area contributed by atoms with Gasteiger partial charge in [-0.15, -0.1) is 0 Å². The summed E-state index contributed by atoms with van der Waals surface area (Å²) in [5.41, 5.74) is 0. The zero-order valence-corrected chi connectivity index (χ0v) is 11.1. The second-order valence-electron chi connectivity index (χ2n) is 3.74. The van der Waals surface area contributed by atoms with E-state index in [9.17, 15) is 9.59 Å². The molecule has 1 heterocycles. The first-order valence-corrected chi connectivity index (χ1v) is 6.62. The molecule has 0 radical (unpaired) electrons. The quantitative estimate of drug-likeness (QED) is 0.721. The molecule has 0 aliphatic carbocycles. The van der Waals surface area contributed by atoms with Crippen LogP contribution in [0.3, 0.4) is 0 Å². The van der Waals surface area contributed by atoms with E-state index in [4.69, 9.17) is 0 Å². The number of carbonyl (C=O) groups is 2. The van der Waals surface area contributed by atoms with Gasteiger partial charge in [0.05, 0.1) is 11.9 Å². The summed E-state index contributed by atoms with van der Waals surface area (Å²) in [5, 5.41) is 3.15. The SMILES string of the molecule is CCNC(=O)CN1CCN(C(=O)CBr)CC1. The van der Waals surface area contributed by atoms with Gasteiger partial charge in [0.15, 0.2) is 0 Å². The van der Waals surface area contributed by atoms with Crippen molar-refractivity contribution in [2.24, 2.45) is 0 Å². The number of nitrogens with one attached hydrogen (secondary N) is 1. The second-order valence-corrected chi connectivity index (χ2v) is 4.30. The molecule has 0 aromatic carbocycles. The second kappa shape index (κ2) is 6.85. The predicted molar refractivity (Wildman–Crippen MR) is 65.5 cm³/mol. The summed E-state index contributed by atoms with van der Waals surface area (Å²) < 4.78 is 0. The van der Waals surface area contributed by atoms with Gasteiger partial charge < -0.3 is 10.2 Å². The van der Waals surface area contributed by atoms with Crippen LogP contribution in [0.4, 0.5) is 0 Å². The molecule has 0 spiro atoms. The lowest BCUT2D eigenvalue weighted by Crippen LogP contribution is -2.51. The van der Waals surface area contributed by atoms with Crippen LogP contribution in [0.5, 0.6) is 0 Å². The highest BCUT2D eigenvalue weighted by atomic mass is 79.9. The molecule has 16 heavy (non-hydrogen) atoms. The van der Waals surface area contributed by atoms with Crippen molar-refractivity contribution in [1.82, 2.24) is 15.1 Å². The van der Waals surface area contributed by atoms with E-state index in [1.165, 1.54) is 0 Å². The molecule has 0 bridgehead atoms. The van der Waals surface area contributed by atoms with Crippen molar-refractivity contribution < 1.29 is 9.59 Å². The van der Waals surface area contributed by atoms with Crippen LogP contribution in [-0.2, 0) is 9.59 Å². The van der Waals surface area contributed by atoms with Crippen LogP contribution < -0.4 is 5.32 Å². The smallest absolute Gasteiger partial charge is 0.234 e. The fraction of sp³-hybridized carbons (Fsp3) is 0.800. The number of carbonyl (C=O) groups excluding carboxylic acids is 2. The van der Waals surface area contributed by atoms with Gasteiger partial charge in [-0.05, 0) is 6.92 Å². The summed E-state index contributed by atoms with van der Waals surface area (Å²) in [6, 6.07) is 0. The van der Waals surface area contributed by atoms with Crippen LogP contribution in [0, 0.1) is 0 Å². The number of hydrogen-bond acceptors (Lipinski definition) is 3. The molecule has 1 aliphatic heterocycles. The summed E-state index contributed by atoms with van der Waals surface area (Å²) >= 11 is 3.16. The van der Waals surface area contributed by atoms with Crippen molar-refractivity contribution in [2.75, 3.05) is 44.6 Å². The van der Waals surface area contributed by atoms with Gasteiger partial charge in [0.1, 0.15) is 0 Å². The van der Waals surface area contributed by atoms with Crippen LogP contribution in [0.15, 0.2) is 0 Å². The Balaban J connectivity index is 2.26. The maximum absolute atomic E-state index is 11.4. The lowest BCUT2D eigenvalue weighted by molar-refractivity contribution is -0.130. The van der Waals surface area contributed by atoms with E-state index in [2.05, 4.69) is 26.1 Å². The molecule has 0 atom stereocenters. The number of rotatable bonds is 4. The number of alkyl halides is 1. The van der Waals surface area contributed by atoms with E-state index in [-0.39, 0.29) is 11.8 Å². The van der Waals surface area contributed by atoms with E-state index in [1.54, 1.807) is 0 Å². The van der Waals surface area contributed by atoms with Crippen LogP contribution in [-0.4, -0.2) is 66.2 Å². The first-order chi connectivity index (χ1) is 7.67. The number of likely N-dealkylation sites (N-methyl/N-ethyl adjacent to an activating group) is 1. The van der Waals surface area contributed by atoms with Crippen LogP contribution in [0.2, 0.25) is 0 Å². The van der Waals surface area contributed by atoms with Crippen molar-refractivity contribution in [3.8, 4) is 0 Å². The maximum atomic E-state index is 11.4. The number of nitrogens with zero attached hydrogens (tertiary/aromatic N) is 2. The third kappa shape index (κ3) is 4.09. The molecule has 0 aromatic rings. The molecule has 6 heteroatoms. The molecule has 0 saturated carbocycles. The fourth-order valence-electron chi connectivity index (χ4n) is 1.70. The molecule has 92 valence electrons. The Morgan fingerprint density at radius 3 is 2.38 bits per heavy atom. The Labute approximate surface area is 104 Å². The van der Waals surface area contributed by atoms with Gasteiger partial charge in [0, 0.05) is 32.7 Å². The third-order valence-electron chi connectivity index (χ3n) is 2.58. The average Bonchev–Trinajstić information content (AvgIpc) is 2.29. The topological polar surface area (TPSA) is 52.7 Å². The largest absolute Gasteiger partial charge is 0.355 e. The summed E-state index contributed by atoms with van der Waals surface area (Å²) in [6.45, 7) is 5.98. The van der Waals surface area contributed by atoms with E-state index in [0.717, 1.165) is 13.1 Å². The third-order valence-corrected chi connectivity index (χ3v) is 3.06. The minimum absolute atomic E-state index is 0.0581. The van der Waals surface area contributed by atoms with Gasteiger partial charge in [-0.3, -0.25) is 14.5 Å². The molecule has 0 unspecified atom stereocenters. The van der Waals surface area contributed by atoms with Gasteiger partial charge in [-0.2, -0.15) is 0 Å². The summed E-state index contributed by atoms with van der Waals surface area (Å²) in [7, 11) is 0. The van der Waals surface area contributed by atoms with E-state index in [1.807, 2.05) is 11.8 Å². The van der Waals surface area contributed by atoms with Crippen molar-refractivity contribution in [1.29, 1.82) is 0 Å². The molecule has 1 aliphatic rings. The molecular formula is C10H18BrN3O2. The Morgan fingerprint density at radius 1 is 1.25 bits per heavy atom. The number of hydrogen-bond donors (Lipinski definition) is 1. The highest BCUT2D eigenvalue weighted by Crippen LogP contribution is 2.02. The first-order valence-electron chi connectivity index (χ1n) is 5.50. The molecule has 1 saturated heterocycles. The Morgan fingerprint density at radius 2 is 1.88 bits per heavy atom. The molecular weight excluding hydrogens is 274 g/mol. The molecule has 5 nitrogen and oxygen atoms in total. The molecule has 1 N–H and O–H groups in total. The van der Waals surface area contributed by atoms with Gasteiger partial charge >= 0.3 is 0 Å². The van der Waals surface area contributed by atoms with Crippen LogP contribution >= 0.6 is 15.9 Å². The average molecular weight is 292 g/mol. The van der Waals surface area contributed by atoms with E-state index < -0.39 is 0 Å². The molecule has 0 aromatic heterocycles. The number of halogens is 1. The Kier molecular flexibility index (Phi) is 5.76. The summed E-state index contributed by atoms with van der Waals surface area (Å²) in [6.07, 6.45) is 0. The predicted octanol–water partition coefficient (Wildman–Crippen LogP) is -0.338. The lowest BCUT2D eigenvalue weighted by atomic mass is 10.3. The Bertz CT molecular complexity index is 252. The van der Waals surface area contributed by atoms with Crippen LogP contribution in [0.1, 0.15) is 6.92 Å². The fourth-order valence-corrected chi connectivity index (χ4v) is 2.05. The van der Waals surface area contributed by atoms with E-state index >= 15 is 0 Å². The van der Waals surface area contributed by atoms with Crippen molar-refractivity contribution in [3.05, 3.63) is 0 Å². The van der Waals surface area contributed by atoms with Crippen molar-refractivity contribution in [2.45, 2.75) is 6.92 Å². The lowest BCUT2D eigenvalue weighted by Gasteiger charge is -2.34. The van der Waals surface area contributed by atoms with Crippen molar-refractivity contribution in [3.63, 3.8) is 0 Å². The van der Waals surface area contributed by atoms with Crippen LogP contribution in [0.25, 0.3) is 0 Å². The number of amides is 2. The molecule has 1 rings (SSSR count). The normalized spacial score (nSPS) is 17.2. The standard InChI is InChI=1S/C10H18BrN3O2/c1-2-12-9(15)8-13-3-5-14(6-4-13)10(16)7-11/h2-8H2,1H3,(H,12,15). The summed E-state index contributed by atoms with van der Waals surface area (Å²) in [4.78, 5) is 26.6. The highest BCUT2D eigenvalue weighted by Gasteiger charge is 2.21. The monoisotopic (exact) mass is 291 g/mol. The van der Waals surface area contributed by atoms with Crippen molar-refractivity contribution >= 4 is 27.7 Å². The van der Waals surface area contributed by atoms with Gasteiger partial charge in [-0.1, -0.05) is 15.9 Å². The minimum Gasteiger partial charge on any atom is -0.355 e. The Hall–Kier alpha value is -0.620. The maximum Gasteiger partial charge on any atom is 0.234 e.